The van der Waals surface area contributed by atoms with Gasteiger partial charge < -0.3 is 18.6 Å². The van der Waals surface area contributed by atoms with Gasteiger partial charge in [0.15, 0.2) is 0 Å². The number of rotatable bonds is 18. The molecule has 0 bridgehead atoms. The lowest BCUT2D eigenvalue weighted by Crippen LogP contribution is -2.17. The highest BCUT2D eigenvalue weighted by Gasteiger charge is 2.30. The van der Waals surface area contributed by atoms with E-state index >= 15 is 0 Å². The zero-order valence-corrected chi connectivity index (χ0v) is 26.4. The van der Waals surface area contributed by atoms with Crippen molar-refractivity contribution in [2.75, 3.05) is 33.0 Å². The highest BCUT2D eigenvalue weighted by atomic mass is 31.2. The number of nitrogens with one attached hydrogen (secondary N) is 2. The Labute approximate surface area is 238 Å². The van der Waals surface area contributed by atoms with Crippen LogP contribution in [-0.2, 0) is 29.9 Å². The molecule has 222 valence electrons. The maximum atomic E-state index is 13.8. The number of benzene rings is 2. The molecule has 0 amide bonds. The zero-order valence-electron chi connectivity index (χ0n) is 24.6. The summed E-state index contributed by atoms with van der Waals surface area (Å²) in [7, 11) is -3.95. The first-order chi connectivity index (χ1) is 19.0. The molecule has 11 heteroatoms. The van der Waals surface area contributed by atoms with Gasteiger partial charge in [0, 0.05) is 6.42 Å². The number of aryl methyl sites for hydroxylation is 2. The topological polar surface area (TPSA) is 120 Å². The molecule has 0 aliphatic carbocycles. The molecular formula is C29H44N2O7P2. The monoisotopic (exact) mass is 594 g/mol. The summed E-state index contributed by atoms with van der Waals surface area (Å²) in [5.41, 5.74) is 3.08. The number of esters is 1. The lowest BCUT2D eigenvalue weighted by Gasteiger charge is -2.25. The fourth-order valence-electron chi connectivity index (χ4n) is 4.10. The van der Waals surface area contributed by atoms with Crippen molar-refractivity contribution < 1.29 is 32.5 Å². The fourth-order valence-corrected chi connectivity index (χ4v) is 6.92. The minimum Gasteiger partial charge on any atom is -0.466 e. The van der Waals surface area contributed by atoms with Crippen molar-refractivity contribution in [2.45, 2.75) is 66.2 Å². The van der Waals surface area contributed by atoms with E-state index in [2.05, 4.69) is 17.1 Å². The Kier molecular flexibility index (Phi) is 13.6. The van der Waals surface area contributed by atoms with Crippen LogP contribution < -0.4 is 19.2 Å². The maximum absolute atomic E-state index is 13.8. The summed E-state index contributed by atoms with van der Waals surface area (Å²) in [5, 5.41) is 5.57. The van der Waals surface area contributed by atoms with Gasteiger partial charge >= 0.3 is 21.0 Å². The molecule has 0 heterocycles. The summed E-state index contributed by atoms with van der Waals surface area (Å²) in [6, 6.07) is 11.3. The van der Waals surface area contributed by atoms with Crippen LogP contribution in [0.15, 0.2) is 36.4 Å². The maximum Gasteiger partial charge on any atom is 0.316 e. The number of Topliss-reactive ketones (excluding diaryl/α,β-unsaturated/α-hetero) is 1. The van der Waals surface area contributed by atoms with Gasteiger partial charge in [0.25, 0.3) is 0 Å². The molecule has 0 fully saturated rings. The van der Waals surface area contributed by atoms with E-state index in [1.165, 1.54) is 14.0 Å². The SMILES string of the molecule is CCCCCc1cc(OP(=O)(CCC(C)=O)NC)c(-c2cccc(C)c2)c(OP(=O)(CCC(=O)OCC)NC)c1. The molecule has 0 aliphatic heterocycles. The molecular weight excluding hydrogens is 550 g/mol. The average molecular weight is 595 g/mol. The third-order valence-electron chi connectivity index (χ3n) is 6.35. The second-order valence-electron chi connectivity index (χ2n) is 9.72. The number of ketones is 1. The van der Waals surface area contributed by atoms with E-state index < -0.39 is 21.0 Å². The molecule has 0 spiro atoms. The molecule has 2 aromatic rings. The van der Waals surface area contributed by atoms with Crippen molar-refractivity contribution in [2.24, 2.45) is 0 Å². The van der Waals surface area contributed by atoms with E-state index in [4.69, 9.17) is 13.8 Å². The van der Waals surface area contributed by atoms with Crippen LogP contribution in [0.5, 0.6) is 11.5 Å². The number of carbonyl (C=O) groups is 2. The third-order valence-corrected chi connectivity index (χ3v) is 10.3. The Hall–Kier alpha value is -2.44. The van der Waals surface area contributed by atoms with Gasteiger partial charge in [-0.3, -0.25) is 13.9 Å². The third kappa shape index (κ3) is 10.5. The predicted molar refractivity (Wildman–Crippen MR) is 161 cm³/mol. The van der Waals surface area contributed by atoms with Crippen LogP contribution in [-0.4, -0.2) is 44.8 Å². The van der Waals surface area contributed by atoms with Crippen LogP contribution in [0.2, 0.25) is 0 Å². The summed E-state index contributed by atoms with van der Waals surface area (Å²) in [4.78, 5) is 23.7. The van der Waals surface area contributed by atoms with Gasteiger partial charge in [0.1, 0.15) is 17.3 Å². The van der Waals surface area contributed by atoms with E-state index in [0.29, 0.717) is 23.5 Å². The Bertz CT molecular complexity index is 1250. The van der Waals surface area contributed by atoms with E-state index in [1.54, 1.807) is 14.0 Å². The molecule has 0 aliphatic rings. The first kappa shape index (κ1) is 33.8. The summed E-state index contributed by atoms with van der Waals surface area (Å²) in [6.45, 7) is 7.47. The van der Waals surface area contributed by atoms with Crippen molar-refractivity contribution in [1.29, 1.82) is 0 Å². The van der Waals surface area contributed by atoms with Crippen LogP contribution in [0.4, 0.5) is 0 Å². The van der Waals surface area contributed by atoms with E-state index in [0.717, 1.165) is 36.0 Å². The molecule has 2 atom stereocenters. The minimum absolute atomic E-state index is 0.0247. The Morgan fingerprint density at radius 3 is 1.98 bits per heavy atom. The summed E-state index contributed by atoms with van der Waals surface area (Å²) < 4.78 is 45.0. The van der Waals surface area contributed by atoms with E-state index in [9.17, 15) is 18.7 Å². The molecule has 40 heavy (non-hydrogen) atoms. The molecule has 2 unspecified atom stereocenters. The molecule has 2 rings (SSSR count). The average Bonchev–Trinajstić information content (AvgIpc) is 2.91. The summed E-state index contributed by atoms with van der Waals surface area (Å²) in [5.74, 6) is 0.0550. The van der Waals surface area contributed by atoms with Gasteiger partial charge in [-0.1, -0.05) is 49.6 Å². The highest BCUT2D eigenvalue weighted by Crippen LogP contribution is 2.53. The van der Waals surface area contributed by atoms with Crippen LogP contribution in [0.3, 0.4) is 0 Å². The summed E-state index contributed by atoms with van der Waals surface area (Å²) in [6.07, 6.45) is 3.66. The van der Waals surface area contributed by atoms with Crippen LogP contribution in [0.1, 0.15) is 64.0 Å². The van der Waals surface area contributed by atoms with Crippen molar-refractivity contribution >= 4 is 26.8 Å². The smallest absolute Gasteiger partial charge is 0.316 e. The second-order valence-corrected chi connectivity index (χ2v) is 14.6. The van der Waals surface area contributed by atoms with E-state index in [-0.39, 0.29) is 37.6 Å². The first-order valence-electron chi connectivity index (χ1n) is 13.8. The molecule has 0 saturated carbocycles. The first-order valence-corrected chi connectivity index (χ1v) is 17.4. The lowest BCUT2D eigenvalue weighted by atomic mass is 9.98. The minimum atomic E-state index is -3.55. The number of carbonyl (C=O) groups excluding carboxylic acids is 2. The highest BCUT2D eigenvalue weighted by molar-refractivity contribution is 7.57. The molecule has 0 radical (unpaired) electrons. The lowest BCUT2D eigenvalue weighted by molar-refractivity contribution is -0.142. The largest absolute Gasteiger partial charge is 0.466 e. The molecule has 0 saturated heterocycles. The standard InChI is InChI=1S/C29H44N2O7P2/c1-7-9-10-13-24-20-26(37-39(34,30-5)17-15-23(4)32)29(25-14-11-12-22(3)19-25)27(21-24)38-40(35,31-6)18-16-28(33)36-8-2/h11-12,14,19-21H,7-10,13,15-18H2,1-6H3,(H,30,34)(H,31,35). The Morgan fingerprint density at radius 1 is 0.875 bits per heavy atom. The zero-order chi connectivity index (χ0) is 29.8. The van der Waals surface area contributed by atoms with Gasteiger partial charge in [-0.15, -0.1) is 0 Å². The van der Waals surface area contributed by atoms with Gasteiger partial charge in [0.05, 0.1) is 30.9 Å². The van der Waals surface area contributed by atoms with Gasteiger partial charge in [-0.2, -0.15) is 0 Å². The molecule has 2 aromatic carbocycles. The molecule has 9 nitrogen and oxygen atoms in total. The predicted octanol–water partition coefficient (Wildman–Crippen LogP) is 6.91. The Balaban J connectivity index is 2.70. The number of hydrogen-bond acceptors (Lipinski definition) is 7. The van der Waals surface area contributed by atoms with E-state index in [1.807, 2.05) is 43.3 Å². The summed E-state index contributed by atoms with van der Waals surface area (Å²) >= 11 is 0. The molecule has 0 aromatic heterocycles. The number of hydrogen-bond donors (Lipinski definition) is 2. The normalized spacial score (nSPS) is 14.2. The quantitative estimate of drug-likeness (QED) is 0.108. The van der Waals surface area contributed by atoms with Crippen LogP contribution in [0.25, 0.3) is 11.1 Å². The Morgan fingerprint density at radius 2 is 1.48 bits per heavy atom. The fraction of sp³-hybridized carbons (Fsp3) is 0.517. The van der Waals surface area contributed by atoms with Crippen molar-refractivity contribution in [1.82, 2.24) is 10.2 Å². The van der Waals surface area contributed by atoms with Crippen LogP contribution >= 0.6 is 15.0 Å². The number of unbranched alkanes of at least 4 members (excludes halogenated alkanes) is 2. The van der Waals surface area contributed by atoms with Crippen molar-refractivity contribution in [3.8, 4) is 22.6 Å². The van der Waals surface area contributed by atoms with Crippen LogP contribution in [0, 0.1) is 6.92 Å². The van der Waals surface area contributed by atoms with Gasteiger partial charge in [0.2, 0.25) is 0 Å². The van der Waals surface area contributed by atoms with Gasteiger partial charge in [-0.25, -0.2) is 10.2 Å². The second kappa shape index (κ2) is 16.1. The van der Waals surface area contributed by atoms with Gasteiger partial charge in [-0.05, 0) is 71.0 Å². The van der Waals surface area contributed by atoms with Crippen molar-refractivity contribution in [3.63, 3.8) is 0 Å². The molecule has 2 N–H and O–H groups in total. The van der Waals surface area contributed by atoms with Crippen molar-refractivity contribution in [3.05, 3.63) is 47.5 Å². The number of ether oxygens (including phenoxy) is 1.